The summed E-state index contributed by atoms with van der Waals surface area (Å²) in [6.07, 6.45) is 0. The molecule has 1 amide bonds. The second-order valence-electron chi connectivity index (χ2n) is 6.15. The molecule has 140 valence electrons. The lowest BCUT2D eigenvalue weighted by Gasteiger charge is -2.09. The van der Waals surface area contributed by atoms with E-state index >= 15 is 0 Å². The molecule has 1 aromatic carbocycles. The van der Waals surface area contributed by atoms with E-state index in [1.165, 1.54) is 6.07 Å². The van der Waals surface area contributed by atoms with Crippen LogP contribution in [-0.4, -0.2) is 32.6 Å². The third-order valence-corrected chi connectivity index (χ3v) is 4.02. The summed E-state index contributed by atoms with van der Waals surface area (Å²) in [7, 11) is 1.60. The summed E-state index contributed by atoms with van der Waals surface area (Å²) in [6, 6.07) is 12.3. The van der Waals surface area contributed by atoms with E-state index in [4.69, 9.17) is 4.74 Å². The number of carbonyl (C=O) groups is 1. The summed E-state index contributed by atoms with van der Waals surface area (Å²) >= 11 is 0. The molecule has 1 N–H and O–H groups in total. The lowest BCUT2D eigenvalue weighted by Crippen LogP contribution is -2.33. The van der Waals surface area contributed by atoms with Gasteiger partial charge in [-0.2, -0.15) is 5.10 Å². The van der Waals surface area contributed by atoms with Crippen molar-refractivity contribution in [2.75, 3.05) is 7.11 Å². The predicted octanol–water partition coefficient (Wildman–Crippen LogP) is 1.37. The van der Waals surface area contributed by atoms with Gasteiger partial charge in [-0.3, -0.25) is 9.59 Å². The van der Waals surface area contributed by atoms with Crippen molar-refractivity contribution in [2.45, 2.75) is 26.9 Å². The maximum Gasteiger partial charge on any atom is 0.267 e. The number of nitrogens with one attached hydrogen (secondary N) is 1. The molecular weight excluding hydrogens is 346 g/mol. The Morgan fingerprint density at radius 1 is 1.11 bits per heavy atom. The van der Waals surface area contributed by atoms with E-state index in [9.17, 15) is 9.59 Å². The van der Waals surface area contributed by atoms with Crippen LogP contribution in [0.2, 0.25) is 0 Å². The molecule has 0 aliphatic heterocycles. The molecule has 0 aliphatic rings. The number of ether oxygens (including phenoxy) is 1. The Kier molecular flexibility index (Phi) is 5.35. The molecule has 0 aliphatic carbocycles. The summed E-state index contributed by atoms with van der Waals surface area (Å²) in [5.41, 5.74) is 2.33. The van der Waals surface area contributed by atoms with Gasteiger partial charge in [-0.25, -0.2) is 9.36 Å². The minimum Gasteiger partial charge on any atom is -0.497 e. The molecule has 3 rings (SSSR count). The summed E-state index contributed by atoms with van der Waals surface area (Å²) in [4.78, 5) is 24.3. The summed E-state index contributed by atoms with van der Waals surface area (Å²) in [5.74, 6) is 0.941. The molecule has 0 radical (unpaired) electrons. The lowest BCUT2D eigenvalue weighted by molar-refractivity contribution is -0.122. The number of aromatic nitrogens is 4. The maximum absolute atomic E-state index is 12.2. The van der Waals surface area contributed by atoms with E-state index in [-0.39, 0.29) is 18.0 Å². The predicted molar refractivity (Wildman–Crippen MR) is 99.9 cm³/mol. The second-order valence-corrected chi connectivity index (χ2v) is 6.15. The molecule has 2 heterocycles. The number of aryl methyl sites for hydroxylation is 2. The fraction of sp³-hybridized carbons (Fsp3) is 0.263. The average Bonchev–Trinajstić information content (AvgIpc) is 3.00. The van der Waals surface area contributed by atoms with E-state index in [1.807, 2.05) is 44.2 Å². The van der Waals surface area contributed by atoms with Crippen molar-refractivity contribution in [3.05, 3.63) is 69.8 Å². The smallest absolute Gasteiger partial charge is 0.267 e. The molecule has 0 fully saturated rings. The van der Waals surface area contributed by atoms with Crippen LogP contribution in [0.25, 0.3) is 5.82 Å². The highest BCUT2D eigenvalue weighted by molar-refractivity contribution is 5.75. The van der Waals surface area contributed by atoms with Crippen LogP contribution in [0.5, 0.6) is 5.75 Å². The maximum atomic E-state index is 12.2. The topological polar surface area (TPSA) is 91.0 Å². The highest BCUT2D eigenvalue weighted by Crippen LogP contribution is 2.11. The van der Waals surface area contributed by atoms with Gasteiger partial charge in [0.1, 0.15) is 12.3 Å². The first-order valence-electron chi connectivity index (χ1n) is 8.47. The number of nitrogens with zero attached hydrogens (tertiary/aromatic N) is 4. The highest BCUT2D eigenvalue weighted by Gasteiger charge is 2.10. The zero-order valence-electron chi connectivity index (χ0n) is 15.5. The van der Waals surface area contributed by atoms with Crippen LogP contribution in [0.4, 0.5) is 0 Å². The van der Waals surface area contributed by atoms with Gasteiger partial charge < -0.3 is 10.1 Å². The van der Waals surface area contributed by atoms with Crippen molar-refractivity contribution in [1.82, 2.24) is 24.9 Å². The first-order valence-corrected chi connectivity index (χ1v) is 8.47. The number of rotatable bonds is 6. The van der Waals surface area contributed by atoms with Gasteiger partial charge in [0.05, 0.1) is 12.8 Å². The SMILES string of the molecule is COc1ccc(CNC(=O)Cn2nc(-n3nc(C)cc3C)ccc2=O)cc1. The third kappa shape index (κ3) is 4.41. The Balaban J connectivity index is 1.69. The molecule has 0 unspecified atom stereocenters. The minimum absolute atomic E-state index is 0.165. The number of carbonyl (C=O) groups excluding carboxylic acids is 1. The Hall–Kier alpha value is -3.42. The lowest BCUT2D eigenvalue weighted by atomic mass is 10.2. The molecule has 27 heavy (non-hydrogen) atoms. The average molecular weight is 367 g/mol. The van der Waals surface area contributed by atoms with Gasteiger partial charge >= 0.3 is 0 Å². The second kappa shape index (κ2) is 7.86. The van der Waals surface area contributed by atoms with Crippen LogP contribution in [0, 0.1) is 13.8 Å². The van der Waals surface area contributed by atoms with Gasteiger partial charge in [-0.05, 0) is 43.7 Å². The van der Waals surface area contributed by atoms with Crippen molar-refractivity contribution in [1.29, 1.82) is 0 Å². The van der Waals surface area contributed by atoms with Gasteiger partial charge in [-0.15, -0.1) is 5.10 Å². The van der Waals surface area contributed by atoms with E-state index in [1.54, 1.807) is 17.9 Å². The Morgan fingerprint density at radius 3 is 2.48 bits per heavy atom. The van der Waals surface area contributed by atoms with Gasteiger partial charge in [0.15, 0.2) is 5.82 Å². The molecule has 8 heteroatoms. The number of amides is 1. The van der Waals surface area contributed by atoms with E-state index in [0.717, 1.165) is 27.4 Å². The van der Waals surface area contributed by atoms with Crippen molar-refractivity contribution in [3.8, 4) is 11.6 Å². The Morgan fingerprint density at radius 2 is 1.85 bits per heavy atom. The monoisotopic (exact) mass is 367 g/mol. The first kappa shape index (κ1) is 18.4. The van der Waals surface area contributed by atoms with E-state index in [0.29, 0.717) is 12.4 Å². The highest BCUT2D eigenvalue weighted by atomic mass is 16.5. The van der Waals surface area contributed by atoms with E-state index < -0.39 is 0 Å². The molecular formula is C19H21N5O3. The molecule has 0 saturated heterocycles. The van der Waals surface area contributed by atoms with Crippen molar-refractivity contribution < 1.29 is 9.53 Å². The van der Waals surface area contributed by atoms with Gasteiger partial charge in [0, 0.05) is 18.3 Å². The molecule has 3 aromatic rings. The van der Waals surface area contributed by atoms with Crippen LogP contribution < -0.4 is 15.6 Å². The Labute approximate surface area is 156 Å². The zero-order valence-corrected chi connectivity index (χ0v) is 15.5. The standard InChI is InChI=1S/C19H21N5O3/c1-13-10-14(2)24(21-13)17-8-9-19(26)23(22-17)12-18(25)20-11-15-4-6-16(27-3)7-5-15/h4-10H,11-12H2,1-3H3,(H,20,25). The zero-order chi connectivity index (χ0) is 19.4. The van der Waals surface area contributed by atoms with Crippen LogP contribution in [-0.2, 0) is 17.9 Å². The fourth-order valence-electron chi connectivity index (χ4n) is 2.66. The summed E-state index contributed by atoms with van der Waals surface area (Å²) in [6.45, 7) is 3.97. The van der Waals surface area contributed by atoms with Crippen molar-refractivity contribution >= 4 is 5.91 Å². The van der Waals surface area contributed by atoms with E-state index in [2.05, 4.69) is 15.5 Å². The quantitative estimate of drug-likeness (QED) is 0.711. The van der Waals surface area contributed by atoms with Crippen LogP contribution in [0.15, 0.2) is 47.3 Å². The third-order valence-electron chi connectivity index (χ3n) is 4.02. The number of hydrogen-bond donors (Lipinski definition) is 1. The molecule has 0 atom stereocenters. The van der Waals surface area contributed by atoms with Crippen LogP contribution >= 0.6 is 0 Å². The van der Waals surface area contributed by atoms with Gasteiger partial charge in [0.2, 0.25) is 5.91 Å². The van der Waals surface area contributed by atoms with Gasteiger partial charge in [-0.1, -0.05) is 12.1 Å². The molecule has 8 nitrogen and oxygen atoms in total. The first-order chi connectivity index (χ1) is 13.0. The Bertz CT molecular complexity index is 1000. The van der Waals surface area contributed by atoms with Gasteiger partial charge in [0.25, 0.3) is 5.56 Å². The summed E-state index contributed by atoms with van der Waals surface area (Å²) in [5, 5.41) is 11.4. The number of hydrogen-bond acceptors (Lipinski definition) is 5. The molecule has 2 aromatic heterocycles. The largest absolute Gasteiger partial charge is 0.497 e. The number of benzene rings is 1. The van der Waals surface area contributed by atoms with Crippen molar-refractivity contribution in [2.24, 2.45) is 0 Å². The number of methoxy groups -OCH3 is 1. The fourth-order valence-corrected chi connectivity index (χ4v) is 2.66. The molecule has 0 spiro atoms. The minimum atomic E-state index is -0.347. The molecule has 0 bridgehead atoms. The normalized spacial score (nSPS) is 10.6. The molecule has 0 saturated carbocycles. The van der Waals surface area contributed by atoms with Crippen molar-refractivity contribution in [3.63, 3.8) is 0 Å². The van der Waals surface area contributed by atoms with Crippen LogP contribution in [0.1, 0.15) is 17.0 Å². The summed E-state index contributed by atoms with van der Waals surface area (Å²) < 4.78 is 7.88. The van der Waals surface area contributed by atoms with Crippen LogP contribution in [0.3, 0.4) is 0 Å².